The summed E-state index contributed by atoms with van der Waals surface area (Å²) < 4.78 is 0. The zero-order valence-electron chi connectivity index (χ0n) is 11.5. The fourth-order valence-electron chi connectivity index (χ4n) is 1.76. The van der Waals surface area contributed by atoms with E-state index in [1.54, 1.807) is 0 Å². The average Bonchev–Trinajstić information content (AvgIpc) is 2.26. The predicted molar refractivity (Wildman–Crippen MR) is 72.3 cm³/mol. The summed E-state index contributed by atoms with van der Waals surface area (Å²) in [6, 6.07) is 0. The molecule has 0 aliphatic rings. The number of hydrogen-bond acceptors (Lipinski definition) is 2. The molecule has 1 unspecified atom stereocenters. The van der Waals surface area contributed by atoms with E-state index in [1.807, 2.05) is 13.8 Å². The van der Waals surface area contributed by atoms with Crippen LogP contribution in [0.15, 0.2) is 12.2 Å². The van der Waals surface area contributed by atoms with Crippen LogP contribution < -0.4 is 5.32 Å². The third kappa shape index (κ3) is 9.87. The Kier molecular flexibility index (Phi) is 8.97. The molecule has 2 N–H and O–H groups in total. The quantitative estimate of drug-likeness (QED) is 0.466. The number of allylic oxidation sites excluding steroid dienone is 1. The van der Waals surface area contributed by atoms with E-state index in [9.17, 15) is 9.59 Å². The van der Waals surface area contributed by atoms with Crippen LogP contribution in [0.4, 0.5) is 0 Å². The Morgan fingerprint density at radius 2 is 1.83 bits per heavy atom. The second-order valence-electron chi connectivity index (χ2n) is 4.91. The maximum absolute atomic E-state index is 11.6. The molecule has 0 aliphatic heterocycles. The van der Waals surface area contributed by atoms with Crippen LogP contribution in [0.3, 0.4) is 0 Å². The first-order valence-electron chi connectivity index (χ1n) is 6.57. The summed E-state index contributed by atoms with van der Waals surface area (Å²) in [5, 5.41) is 11.3. The van der Waals surface area contributed by atoms with Crippen molar-refractivity contribution < 1.29 is 14.7 Å². The monoisotopic (exact) mass is 255 g/mol. The highest BCUT2D eigenvalue weighted by Gasteiger charge is 2.11. The molecule has 0 saturated heterocycles. The molecule has 0 radical (unpaired) electrons. The lowest BCUT2D eigenvalue weighted by molar-refractivity contribution is -0.137. The van der Waals surface area contributed by atoms with Crippen LogP contribution in [0.25, 0.3) is 0 Å². The molecular weight excluding hydrogens is 230 g/mol. The van der Waals surface area contributed by atoms with E-state index in [0.717, 1.165) is 37.7 Å². The first-order valence-corrected chi connectivity index (χ1v) is 6.57. The van der Waals surface area contributed by atoms with E-state index in [0.29, 0.717) is 6.54 Å². The summed E-state index contributed by atoms with van der Waals surface area (Å²) >= 11 is 0. The van der Waals surface area contributed by atoms with Gasteiger partial charge in [0, 0.05) is 18.9 Å². The van der Waals surface area contributed by atoms with E-state index in [-0.39, 0.29) is 18.2 Å². The van der Waals surface area contributed by atoms with Crippen molar-refractivity contribution in [3.8, 4) is 0 Å². The predicted octanol–water partition coefficient (Wildman–Crippen LogP) is 2.74. The van der Waals surface area contributed by atoms with Crippen LogP contribution >= 0.6 is 0 Å². The molecule has 0 fully saturated rings. The highest BCUT2D eigenvalue weighted by atomic mass is 16.4. The van der Waals surface area contributed by atoms with Crippen molar-refractivity contribution in [2.24, 2.45) is 5.92 Å². The molecule has 1 amide bonds. The van der Waals surface area contributed by atoms with Crippen LogP contribution in [0.5, 0.6) is 0 Å². The number of hydrogen-bond donors (Lipinski definition) is 2. The van der Waals surface area contributed by atoms with E-state index in [2.05, 4.69) is 11.9 Å². The van der Waals surface area contributed by atoms with Crippen molar-refractivity contribution >= 4 is 11.9 Å². The molecule has 0 saturated carbocycles. The number of nitrogens with one attached hydrogen (secondary N) is 1. The van der Waals surface area contributed by atoms with E-state index in [4.69, 9.17) is 5.11 Å². The standard InChI is InChI=1S/C14H25NO3/c1-11(2)10-12(3)14(18)15-9-7-5-4-6-8-13(16)17/h12H,1,4-10H2,2-3H3,(H,15,18)(H,16,17). The SMILES string of the molecule is C=C(C)CC(C)C(=O)NCCCCCCC(=O)O. The van der Waals surface area contributed by atoms with Gasteiger partial charge < -0.3 is 10.4 Å². The van der Waals surface area contributed by atoms with Gasteiger partial charge in [-0.25, -0.2) is 0 Å². The van der Waals surface area contributed by atoms with E-state index in [1.165, 1.54) is 0 Å². The van der Waals surface area contributed by atoms with Gasteiger partial charge in [0.25, 0.3) is 0 Å². The van der Waals surface area contributed by atoms with Gasteiger partial charge in [0.15, 0.2) is 0 Å². The Morgan fingerprint density at radius 1 is 1.22 bits per heavy atom. The summed E-state index contributed by atoms with van der Waals surface area (Å²) in [6.45, 7) is 8.29. The van der Waals surface area contributed by atoms with E-state index >= 15 is 0 Å². The zero-order chi connectivity index (χ0) is 14.0. The minimum Gasteiger partial charge on any atom is -0.481 e. The summed E-state index contributed by atoms with van der Waals surface area (Å²) in [5.41, 5.74) is 1.02. The van der Waals surface area contributed by atoms with Crippen molar-refractivity contribution in [3.05, 3.63) is 12.2 Å². The molecular formula is C14H25NO3. The van der Waals surface area contributed by atoms with Gasteiger partial charge >= 0.3 is 5.97 Å². The fraction of sp³-hybridized carbons (Fsp3) is 0.714. The molecule has 0 spiro atoms. The minimum atomic E-state index is -0.739. The number of carboxylic acids is 1. The van der Waals surface area contributed by atoms with Crippen molar-refractivity contribution in [3.63, 3.8) is 0 Å². The molecule has 18 heavy (non-hydrogen) atoms. The molecule has 0 aromatic carbocycles. The van der Waals surface area contributed by atoms with Gasteiger partial charge in [-0.3, -0.25) is 9.59 Å². The first kappa shape index (κ1) is 16.7. The molecule has 0 rings (SSSR count). The number of carboxylic acid groups (broad SMARTS) is 1. The number of carbonyl (C=O) groups excluding carboxylic acids is 1. The van der Waals surface area contributed by atoms with Crippen LogP contribution in [-0.4, -0.2) is 23.5 Å². The van der Waals surface area contributed by atoms with Gasteiger partial charge in [0.1, 0.15) is 0 Å². The van der Waals surface area contributed by atoms with Gasteiger partial charge in [-0.15, -0.1) is 6.58 Å². The minimum absolute atomic E-state index is 0.0190. The number of unbranched alkanes of at least 4 members (excludes halogenated alkanes) is 3. The molecule has 0 aromatic rings. The molecule has 0 aliphatic carbocycles. The Morgan fingerprint density at radius 3 is 2.39 bits per heavy atom. The van der Waals surface area contributed by atoms with Crippen molar-refractivity contribution in [2.75, 3.05) is 6.54 Å². The highest BCUT2D eigenvalue weighted by Crippen LogP contribution is 2.09. The van der Waals surface area contributed by atoms with Gasteiger partial charge in [0.05, 0.1) is 0 Å². The Balaban J connectivity index is 3.45. The largest absolute Gasteiger partial charge is 0.481 e. The average molecular weight is 255 g/mol. The third-order valence-electron chi connectivity index (χ3n) is 2.72. The lowest BCUT2D eigenvalue weighted by Crippen LogP contribution is -2.30. The number of rotatable bonds is 10. The Labute approximate surface area is 109 Å². The van der Waals surface area contributed by atoms with E-state index < -0.39 is 5.97 Å². The summed E-state index contributed by atoms with van der Waals surface area (Å²) in [7, 11) is 0. The lowest BCUT2D eigenvalue weighted by atomic mass is 10.0. The summed E-state index contributed by atoms with van der Waals surface area (Å²) in [5.74, 6) is -0.685. The smallest absolute Gasteiger partial charge is 0.303 e. The normalized spacial score (nSPS) is 11.9. The molecule has 4 nitrogen and oxygen atoms in total. The molecule has 1 atom stereocenters. The number of aliphatic carboxylic acids is 1. The van der Waals surface area contributed by atoms with Gasteiger partial charge in [-0.1, -0.05) is 25.3 Å². The van der Waals surface area contributed by atoms with Crippen molar-refractivity contribution in [2.45, 2.75) is 52.4 Å². The Hall–Kier alpha value is -1.32. The number of amides is 1. The third-order valence-corrected chi connectivity index (χ3v) is 2.72. The first-order chi connectivity index (χ1) is 8.43. The topological polar surface area (TPSA) is 66.4 Å². The van der Waals surface area contributed by atoms with Crippen LogP contribution in [0, 0.1) is 5.92 Å². The maximum Gasteiger partial charge on any atom is 0.303 e. The highest BCUT2D eigenvalue weighted by molar-refractivity contribution is 5.78. The maximum atomic E-state index is 11.6. The van der Waals surface area contributed by atoms with Crippen LogP contribution in [0.1, 0.15) is 52.4 Å². The lowest BCUT2D eigenvalue weighted by Gasteiger charge is -2.11. The number of carbonyl (C=O) groups is 2. The molecule has 104 valence electrons. The zero-order valence-corrected chi connectivity index (χ0v) is 11.5. The molecule has 0 heterocycles. The van der Waals surface area contributed by atoms with Crippen molar-refractivity contribution in [1.29, 1.82) is 0 Å². The second-order valence-corrected chi connectivity index (χ2v) is 4.91. The van der Waals surface area contributed by atoms with Crippen LogP contribution in [-0.2, 0) is 9.59 Å². The van der Waals surface area contributed by atoms with Gasteiger partial charge in [-0.05, 0) is 26.2 Å². The second kappa shape index (κ2) is 9.68. The Bertz CT molecular complexity index is 287. The summed E-state index contributed by atoms with van der Waals surface area (Å²) in [6.07, 6.45) is 4.46. The van der Waals surface area contributed by atoms with Gasteiger partial charge in [0.2, 0.25) is 5.91 Å². The molecule has 0 bridgehead atoms. The van der Waals surface area contributed by atoms with Gasteiger partial charge in [-0.2, -0.15) is 0 Å². The molecule has 0 aromatic heterocycles. The molecule has 4 heteroatoms. The fourth-order valence-corrected chi connectivity index (χ4v) is 1.76. The summed E-state index contributed by atoms with van der Waals surface area (Å²) in [4.78, 5) is 21.9. The van der Waals surface area contributed by atoms with Crippen molar-refractivity contribution in [1.82, 2.24) is 5.32 Å². The van der Waals surface area contributed by atoms with Crippen LogP contribution in [0.2, 0.25) is 0 Å².